The van der Waals surface area contributed by atoms with Gasteiger partial charge in [0.05, 0.1) is 4.92 Å². The molecule has 0 saturated carbocycles. The van der Waals surface area contributed by atoms with Gasteiger partial charge in [-0.3, -0.25) is 10.1 Å². The minimum Gasteiger partial charge on any atom is -0.484 e. The predicted molar refractivity (Wildman–Crippen MR) is 95.0 cm³/mol. The number of nitrogens with zero attached hydrogens (tertiary/aromatic N) is 1. The van der Waals surface area contributed by atoms with E-state index in [-0.39, 0.29) is 18.0 Å². The summed E-state index contributed by atoms with van der Waals surface area (Å²) >= 11 is 0. The summed E-state index contributed by atoms with van der Waals surface area (Å²) in [5, 5.41) is 13.3. The van der Waals surface area contributed by atoms with E-state index in [1.54, 1.807) is 42.5 Å². The summed E-state index contributed by atoms with van der Waals surface area (Å²) in [7, 11) is 1.47. The molecule has 0 spiro atoms. The Kier molecular flexibility index (Phi) is 6.67. The molecule has 8 heteroatoms. The minimum absolute atomic E-state index is 0.0177. The van der Waals surface area contributed by atoms with Crippen LogP contribution in [0.25, 0.3) is 12.2 Å². The van der Waals surface area contributed by atoms with Gasteiger partial charge in [0.2, 0.25) is 0 Å². The molecule has 136 valence electrons. The Morgan fingerprint density at radius 3 is 2.46 bits per heavy atom. The van der Waals surface area contributed by atoms with Gasteiger partial charge in [-0.15, -0.1) is 0 Å². The van der Waals surface area contributed by atoms with Gasteiger partial charge < -0.3 is 14.8 Å². The van der Waals surface area contributed by atoms with Crippen LogP contribution < -0.4 is 14.8 Å². The first-order valence-electron chi connectivity index (χ1n) is 7.68. The average molecular weight is 360 g/mol. The number of ether oxygens (including phenoxy) is 2. The van der Waals surface area contributed by atoms with Gasteiger partial charge in [-0.1, -0.05) is 24.3 Å². The van der Waals surface area contributed by atoms with Crippen molar-refractivity contribution >= 4 is 23.9 Å². The van der Waals surface area contributed by atoms with E-state index in [1.807, 2.05) is 0 Å². The Labute approximate surface area is 149 Å². The molecule has 2 aromatic rings. The summed E-state index contributed by atoms with van der Waals surface area (Å²) in [4.78, 5) is 21.5. The molecule has 0 bridgehead atoms. The fourth-order valence-corrected chi connectivity index (χ4v) is 2.05. The van der Waals surface area contributed by atoms with Gasteiger partial charge in [0, 0.05) is 13.1 Å². The van der Waals surface area contributed by atoms with E-state index in [1.165, 1.54) is 19.2 Å². The second kappa shape index (κ2) is 9.16. The van der Waals surface area contributed by atoms with E-state index in [0.717, 1.165) is 5.56 Å². The van der Waals surface area contributed by atoms with Crippen LogP contribution in [0.2, 0.25) is 0 Å². The maximum atomic E-state index is 12.3. The zero-order chi connectivity index (χ0) is 18.9. The topological polar surface area (TPSA) is 90.7 Å². The first kappa shape index (κ1) is 18.9. The SMILES string of the molecule is CNC(=O)Oc1ccc(/C=C/c2ccc([N+](=O)[O-])c(OCCF)c2)cc1. The number of carbonyl (C=O) groups is 1. The van der Waals surface area contributed by atoms with Gasteiger partial charge in [-0.2, -0.15) is 0 Å². The third-order valence-corrected chi connectivity index (χ3v) is 3.28. The maximum Gasteiger partial charge on any atom is 0.412 e. The van der Waals surface area contributed by atoms with E-state index < -0.39 is 17.7 Å². The second-order valence-electron chi connectivity index (χ2n) is 5.06. The number of halogens is 1. The van der Waals surface area contributed by atoms with E-state index in [4.69, 9.17) is 9.47 Å². The van der Waals surface area contributed by atoms with Crippen molar-refractivity contribution in [2.24, 2.45) is 0 Å². The number of rotatable bonds is 7. The number of carbonyl (C=O) groups excluding carboxylic acids is 1. The van der Waals surface area contributed by atoms with Gasteiger partial charge in [0.25, 0.3) is 0 Å². The summed E-state index contributed by atoms with van der Waals surface area (Å²) in [6, 6.07) is 11.1. The smallest absolute Gasteiger partial charge is 0.412 e. The molecule has 2 aromatic carbocycles. The van der Waals surface area contributed by atoms with Crippen LogP contribution in [0.1, 0.15) is 11.1 Å². The van der Waals surface area contributed by atoms with Crippen molar-refractivity contribution in [3.63, 3.8) is 0 Å². The molecular weight excluding hydrogens is 343 g/mol. The molecule has 1 N–H and O–H groups in total. The Bertz CT molecular complexity index is 806. The number of nitro benzene ring substituents is 1. The summed E-state index contributed by atoms with van der Waals surface area (Å²) in [5.74, 6) is 0.419. The lowest BCUT2D eigenvalue weighted by molar-refractivity contribution is -0.385. The van der Waals surface area contributed by atoms with E-state index in [2.05, 4.69) is 5.32 Å². The molecule has 7 nitrogen and oxygen atoms in total. The maximum absolute atomic E-state index is 12.3. The first-order chi connectivity index (χ1) is 12.5. The summed E-state index contributed by atoms with van der Waals surface area (Å²) in [6.45, 7) is -0.984. The molecule has 0 atom stereocenters. The largest absolute Gasteiger partial charge is 0.484 e. The summed E-state index contributed by atoms with van der Waals surface area (Å²) in [6.07, 6.45) is 2.96. The van der Waals surface area contributed by atoms with Crippen molar-refractivity contribution in [1.29, 1.82) is 0 Å². The van der Waals surface area contributed by atoms with Crippen LogP contribution in [0.5, 0.6) is 11.5 Å². The number of nitrogens with one attached hydrogen (secondary N) is 1. The molecular formula is C18H17FN2O5. The molecule has 0 radical (unpaired) electrons. The van der Waals surface area contributed by atoms with E-state index >= 15 is 0 Å². The molecule has 0 aliphatic heterocycles. The highest BCUT2D eigenvalue weighted by molar-refractivity contribution is 5.72. The molecule has 1 amide bonds. The monoisotopic (exact) mass is 360 g/mol. The fourth-order valence-electron chi connectivity index (χ4n) is 2.05. The third kappa shape index (κ3) is 5.30. The fraction of sp³-hybridized carbons (Fsp3) is 0.167. The Balaban J connectivity index is 2.14. The molecule has 2 rings (SSSR count). The molecule has 26 heavy (non-hydrogen) atoms. The number of nitro groups is 1. The second-order valence-corrected chi connectivity index (χ2v) is 5.06. The van der Waals surface area contributed by atoms with Crippen LogP contribution in [-0.2, 0) is 0 Å². The van der Waals surface area contributed by atoms with Gasteiger partial charge >= 0.3 is 11.8 Å². The lowest BCUT2D eigenvalue weighted by atomic mass is 10.1. The molecule has 0 aliphatic rings. The van der Waals surface area contributed by atoms with E-state index in [0.29, 0.717) is 11.3 Å². The first-order valence-corrected chi connectivity index (χ1v) is 7.68. The van der Waals surface area contributed by atoms with Crippen molar-refractivity contribution < 1.29 is 23.6 Å². The van der Waals surface area contributed by atoms with Gasteiger partial charge in [-0.05, 0) is 35.4 Å². The molecule has 0 fully saturated rings. The van der Waals surface area contributed by atoms with Crippen molar-refractivity contribution in [2.45, 2.75) is 0 Å². The van der Waals surface area contributed by atoms with Crippen LogP contribution in [0, 0.1) is 10.1 Å². The number of amides is 1. The Morgan fingerprint density at radius 1 is 1.19 bits per heavy atom. The molecule has 0 unspecified atom stereocenters. The lowest BCUT2D eigenvalue weighted by Gasteiger charge is -2.06. The number of benzene rings is 2. The van der Waals surface area contributed by atoms with E-state index in [9.17, 15) is 19.3 Å². The lowest BCUT2D eigenvalue weighted by Crippen LogP contribution is -2.21. The van der Waals surface area contributed by atoms with Crippen molar-refractivity contribution in [3.05, 3.63) is 63.7 Å². The minimum atomic E-state index is -0.734. The normalized spacial score (nSPS) is 10.5. The summed E-state index contributed by atoms with van der Waals surface area (Å²) < 4.78 is 22.4. The Hall–Kier alpha value is -3.42. The number of hydrogen-bond acceptors (Lipinski definition) is 5. The van der Waals surface area contributed by atoms with Crippen LogP contribution in [0.3, 0.4) is 0 Å². The van der Waals surface area contributed by atoms with Gasteiger partial charge in [0.1, 0.15) is 19.0 Å². The highest BCUT2D eigenvalue weighted by Crippen LogP contribution is 2.28. The highest BCUT2D eigenvalue weighted by atomic mass is 19.1. The molecule has 0 aromatic heterocycles. The van der Waals surface area contributed by atoms with Crippen LogP contribution in [0.15, 0.2) is 42.5 Å². The highest BCUT2D eigenvalue weighted by Gasteiger charge is 2.15. The number of alkyl halides is 1. The summed E-state index contributed by atoms with van der Waals surface area (Å²) in [5.41, 5.74) is 1.28. The van der Waals surface area contributed by atoms with Gasteiger partial charge in [-0.25, -0.2) is 9.18 Å². The molecule has 0 saturated heterocycles. The van der Waals surface area contributed by atoms with Crippen LogP contribution >= 0.6 is 0 Å². The molecule has 0 heterocycles. The Morgan fingerprint density at radius 2 is 1.85 bits per heavy atom. The zero-order valence-electron chi connectivity index (χ0n) is 14.0. The third-order valence-electron chi connectivity index (χ3n) is 3.28. The zero-order valence-corrected chi connectivity index (χ0v) is 14.0. The van der Waals surface area contributed by atoms with Gasteiger partial charge in [0.15, 0.2) is 5.75 Å². The van der Waals surface area contributed by atoms with Crippen molar-refractivity contribution in [3.8, 4) is 11.5 Å². The van der Waals surface area contributed by atoms with Crippen molar-refractivity contribution in [2.75, 3.05) is 20.3 Å². The van der Waals surface area contributed by atoms with Crippen LogP contribution in [-0.4, -0.2) is 31.3 Å². The number of hydrogen-bond donors (Lipinski definition) is 1. The molecule has 0 aliphatic carbocycles. The standard InChI is InChI=1S/C18H17FN2O5/c1-20-18(22)26-15-7-4-13(5-8-15)2-3-14-6-9-16(21(23)24)17(12-14)25-11-10-19/h2-9,12H,10-11H2,1H3,(H,20,22)/b3-2+. The average Bonchev–Trinajstić information content (AvgIpc) is 2.65. The van der Waals surface area contributed by atoms with Crippen LogP contribution in [0.4, 0.5) is 14.9 Å². The quantitative estimate of drug-likeness (QED) is 0.460. The van der Waals surface area contributed by atoms with Crippen molar-refractivity contribution in [1.82, 2.24) is 5.32 Å². The predicted octanol–water partition coefficient (Wildman–Crippen LogP) is 3.83.